The molecule has 0 bridgehead atoms. The van der Waals surface area contributed by atoms with E-state index in [1.54, 1.807) is 17.7 Å². The van der Waals surface area contributed by atoms with Gasteiger partial charge in [-0.1, -0.05) is 36.4 Å². The lowest BCUT2D eigenvalue weighted by Gasteiger charge is -2.43. The number of allylic oxidation sites excluding steroid dienone is 3. The molecule has 1 fully saturated rings. The number of nitrogens with one attached hydrogen (secondary N) is 1. The lowest BCUT2D eigenvalue weighted by atomic mass is 9.68. The molecule has 4 rings (SSSR count). The SMILES string of the molecule is C=CN1NCC2CC3=C(C=CC(c4ccc(F)cc4)C3)CC21C. The highest BCUT2D eigenvalue weighted by atomic mass is 19.1. The smallest absolute Gasteiger partial charge is 0.123 e. The first kappa shape index (κ1) is 14.7. The van der Waals surface area contributed by atoms with Crippen molar-refractivity contribution in [3.63, 3.8) is 0 Å². The van der Waals surface area contributed by atoms with Gasteiger partial charge in [0.25, 0.3) is 0 Å². The summed E-state index contributed by atoms with van der Waals surface area (Å²) in [4.78, 5) is 0. The van der Waals surface area contributed by atoms with Crippen LogP contribution in [-0.2, 0) is 0 Å². The van der Waals surface area contributed by atoms with Crippen LogP contribution in [0, 0.1) is 11.7 Å². The molecule has 1 saturated heterocycles. The quantitative estimate of drug-likeness (QED) is 0.876. The van der Waals surface area contributed by atoms with Gasteiger partial charge in [0, 0.05) is 24.6 Å². The monoisotopic (exact) mass is 310 g/mol. The van der Waals surface area contributed by atoms with Gasteiger partial charge in [-0.3, -0.25) is 0 Å². The molecule has 120 valence electrons. The van der Waals surface area contributed by atoms with E-state index in [4.69, 9.17) is 0 Å². The van der Waals surface area contributed by atoms with Gasteiger partial charge in [-0.2, -0.15) is 0 Å². The fourth-order valence-corrected chi connectivity index (χ4v) is 4.44. The van der Waals surface area contributed by atoms with E-state index in [-0.39, 0.29) is 11.4 Å². The normalized spacial score (nSPS) is 32.7. The van der Waals surface area contributed by atoms with Crippen LogP contribution in [-0.4, -0.2) is 17.1 Å². The summed E-state index contributed by atoms with van der Waals surface area (Å²) in [7, 11) is 0. The van der Waals surface area contributed by atoms with E-state index in [1.165, 1.54) is 11.1 Å². The second-order valence-electron chi connectivity index (χ2n) is 7.20. The molecular weight excluding hydrogens is 287 g/mol. The molecule has 1 aromatic rings. The molecule has 0 aromatic heterocycles. The van der Waals surface area contributed by atoms with Crippen molar-refractivity contribution in [3.8, 4) is 0 Å². The summed E-state index contributed by atoms with van der Waals surface area (Å²) in [5, 5.41) is 2.20. The van der Waals surface area contributed by atoms with Crippen molar-refractivity contribution in [1.29, 1.82) is 0 Å². The number of hydrazine groups is 1. The molecule has 0 amide bonds. The van der Waals surface area contributed by atoms with Crippen LogP contribution in [0.4, 0.5) is 4.39 Å². The van der Waals surface area contributed by atoms with Crippen LogP contribution in [0.5, 0.6) is 0 Å². The molecule has 3 aliphatic rings. The van der Waals surface area contributed by atoms with E-state index in [1.807, 2.05) is 18.3 Å². The maximum absolute atomic E-state index is 13.1. The Labute approximate surface area is 137 Å². The first-order chi connectivity index (χ1) is 11.1. The van der Waals surface area contributed by atoms with Gasteiger partial charge in [-0.25, -0.2) is 9.82 Å². The average molecular weight is 310 g/mol. The Kier molecular flexibility index (Phi) is 3.42. The van der Waals surface area contributed by atoms with Crippen LogP contribution in [0.15, 0.2) is 60.3 Å². The summed E-state index contributed by atoms with van der Waals surface area (Å²) in [5.41, 5.74) is 7.88. The molecule has 1 aromatic carbocycles. The highest BCUT2D eigenvalue weighted by Gasteiger charge is 2.47. The number of hydrogen-bond acceptors (Lipinski definition) is 2. The zero-order valence-corrected chi connectivity index (χ0v) is 13.6. The standard InChI is InChI=1S/C20H23FN2/c1-3-23-20(2)12-16-5-4-15(14-6-8-19(21)9-7-14)10-17(16)11-18(20)13-22-23/h3-9,15,18,22H,1,10-13H2,2H3. The van der Waals surface area contributed by atoms with Crippen molar-refractivity contribution in [3.05, 3.63) is 71.7 Å². The number of benzene rings is 1. The van der Waals surface area contributed by atoms with Gasteiger partial charge in [0.2, 0.25) is 0 Å². The molecule has 0 spiro atoms. The van der Waals surface area contributed by atoms with Crippen LogP contribution in [0.1, 0.15) is 37.7 Å². The molecule has 1 N–H and O–H groups in total. The molecule has 1 heterocycles. The number of hydrogen-bond donors (Lipinski definition) is 1. The number of rotatable bonds is 2. The van der Waals surface area contributed by atoms with Gasteiger partial charge in [-0.05, 0) is 49.5 Å². The first-order valence-corrected chi connectivity index (χ1v) is 8.40. The van der Waals surface area contributed by atoms with Crippen molar-refractivity contribution in [2.75, 3.05) is 6.54 Å². The van der Waals surface area contributed by atoms with E-state index in [9.17, 15) is 4.39 Å². The fourth-order valence-electron chi connectivity index (χ4n) is 4.44. The van der Waals surface area contributed by atoms with Crippen LogP contribution in [0.25, 0.3) is 0 Å². The maximum atomic E-state index is 13.1. The van der Waals surface area contributed by atoms with Gasteiger partial charge in [0.15, 0.2) is 0 Å². The van der Waals surface area contributed by atoms with Crippen molar-refractivity contribution >= 4 is 0 Å². The second-order valence-corrected chi connectivity index (χ2v) is 7.20. The average Bonchev–Trinajstić information content (AvgIpc) is 2.88. The van der Waals surface area contributed by atoms with E-state index in [2.05, 4.69) is 36.1 Å². The number of nitrogens with zero attached hydrogens (tertiary/aromatic N) is 1. The predicted octanol–water partition coefficient (Wildman–Crippen LogP) is 4.30. The zero-order valence-electron chi connectivity index (χ0n) is 13.6. The van der Waals surface area contributed by atoms with Crippen LogP contribution >= 0.6 is 0 Å². The summed E-state index contributed by atoms with van der Waals surface area (Å²) in [5.74, 6) is 0.839. The Balaban J connectivity index is 1.58. The Morgan fingerprint density at radius 1 is 1.30 bits per heavy atom. The predicted molar refractivity (Wildman–Crippen MR) is 91.1 cm³/mol. The number of fused-ring (bicyclic) bond motifs is 1. The van der Waals surface area contributed by atoms with E-state index < -0.39 is 0 Å². The third kappa shape index (κ3) is 2.34. The van der Waals surface area contributed by atoms with Gasteiger partial charge in [0.05, 0.1) is 5.54 Å². The van der Waals surface area contributed by atoms with Crippen molar-refractivity contribution in [1.82, 2.24) is 10.4 Å². The summed E-state index contributed by atoms with van der Waals surface area (Å²) in [6.07, 6.45) is 9.78. The van der Waals surface area contributed by atoms with Crippen molar-refractivity contribution < 1.29 is 4.39 Å². The van der Waals surface area contributed by atoms with E-state index >= 15 is 0 Å². The third-order valence-electron chi connectivity index (χ3n) is 5.91. The minimum atomic E-state index is -0.163. The number of halogens is 1. The fraction of sp³-hybridized carbons (Fsp3) is 0.400. The van der Waals surface area contributed by atoms with Gasteiger partial charge < -0.3 is 5.01 Å². The molecular formula is C20H23FN2. The highest BCUT2D eigenvalue weighted by molar-refractivity contribution is 5.41. The van der Waals surface area contributed by atoms with Gasteiger partial charge in [-0.15, -0.1) is 0 Å². The molecule has 3 unspecified atom stereocenters. The summed E-state index contributed by atoms with van der Waals surface area (Å²) in [6.45, 7) is 7.29. The highest BCUT2D eigenvalue weighted by Crippen LogP contribution is 2.48. The topological polar surface area (TPSA) is 15.3 Å². The summed E-state index contributed by atoms with van der Waals surface area (Å²) in [6, 6.07) is 6.96. The second kappa shape index (κ2) is 5.34. The van der Waals surface area contributed by atoms with Crippen LogP contribution < -0.4 is 5.43 Å². The molecule has 3 atom stereocenters. The minimum absolute atomic E-state index is 0.133. The molecule has 1 aliphatic heterocycles. The molecule has 23 heavy (non-hydrogen) atoms. The largest absolute Gasteiger partial charge is 0.310 e. The van der Waals surface area contributed by atoms with Crippen LogP contribution in [0.2, 0.25) is 0 Å². The first-order valence-electron chi connectivity index (χ1n) is 8.40. The van der Waals surface area contributed by atoms with Gasteiger partial charge in [0.1, 0.15) is 5.82 Å². The lowest BCUT2D eigenvalue weighted by molar-refractivity contribution is 0.133. The van der Waals surface area contributed by atoms with Crippen molar-refractivity contribution in [2.24, 2.45) is 5.92 Å². The summed E-state index contributed by atoms with van der Waals surface area (Å²) < 4.78 is 13.1. The Morgan fingerprint density at radius 3 is 2.83 bits per heavy atom. The summed E-state index contributed by atoms with van der Waals surface area (Å²) >= 11 is 0. The Hall–Kier alpha value is -1.87. The molecule has 0 radical (unpaired) electrons. The van der Waals surface area contributed by atoms with Gasteiger partial charge >= 0.3 is 0 Å². The van der Waals surface area contributed by atoms with Crippen LogP contribution in [0.3, 0.4) is 0 Å². The minimum Gasteiger partial charge on any atom is -0.310 e. The van der Waals surface area contributed by atoms with E-state index in [0.717, 1.165) is 25.8 Å². The molecule has 2 nitrogen and oxygen atoms in total. The lowest BCUT2D eigenvalue weighted by Crippen LogP contribution is -2.47. The third-order valence-corrected chi connectivity index (χ3v) is 5.91. The van der Waals surface area contributed by atoms with Crippen molar-refractivity contribution in [2.45, 2.75) is 37.6 Å². The molecule has 2 aliphatic carbocycles. The maximum Gasteiger partial charge on any atom is 0.123 e. The van der Waals surface area contributed by atoms with E-state index in [0.29, 0.717) is 11.8 Å². The molecule has 0 saturated carbocycles. The molecule has 3 heteroatoms. The zero-order chi connectivity index (χ0) is 16.0. The Morgan fingerprint density at radius 2 is 2.09 bits per heavy atom. The Bertz CT molecular complexity index is 688.